The van der Waals surface area contributed by atoms with Gasteiger partial charge >= 0.3 is 0 Å². The topological polar surface area (TPSA) is 63.2 Å². The van der Waals surface area contributed by atoms with Gasteiger partial charge in [-0.25, -0.2) is 8.42 Å². The van der Waals surface area contributed by atoms with Crippen molar-refractivity contribution in [3.8, 4) is 0 Å². The van der Waals surface area contributed by atoms with E-state index in [4.69, 9.17) is 0 Å². The molecule has 1 rings (SSSR count). The molecule has 0 aliphatic heterocycles. The Morgan fingerprint density at radius 1 is 1.19 bits per heavy atom. The van der Waals surface area contributed by atoms with Crippen LogP contribution in [0.15, 0.2) is 30.3 Å². The SMILES string of the molecule is C[C@@H](NC(=O)[C@H](Cc1ccccc1)S(C)(=O)=O)C(C)(C)C. The molecule has 1 N–H and O–H groups in total. The van der Waals surface area contributed by atoms with Gasteiger partial charge in [0.2, 0.25) is 5.91 Å². The quantitative estimate of drug-likeness (QED) is 0.906. The lowest BCUT2D eigenvalue weighted by Crippen LogP contribution is -2.48. The summed E-state index contributed by atoms with van der Waals surface area (Å²) < 4.78 is 23.9. The number of carbonyl (C=O) groups excluding carboxylic acids is 1. The average molecular weight is 311 g/mol. The molecule has 0 saturated carbocycles. The van der Waals surface area contributed by atoms with Crippen molar-refractivity contribution in [3.63, 3.8) is 0 Å². The summed E-state index contributed by atoms with van der Waals surface area (Å²) in [5.41, 5.74) is 0.719. The molecule has 4 nitrogen and oxygen atoms in total. The number of carbonyl (C=O) groups is 1. The number of hydrogen-bond acceptors (Lipinski definition) is 3. The summed E-state index contributed by atoms with van der Waals surface area (Å²) in [5, 5.41) is 1.78. The summed E-state index contributed by atoms with van der Waals surface area (Å²) in [6, 6.07) is 9.09. The maximum Gasteiger partial charge on any atom is 0.238 e. The lowest BCUT2D eigenvalue weighted by Gasteiger charge is -2.29. The number of rotatable bonds is 5. The zero-order chi connectivity index (χ0) is 16.3. The molecule has 118 valence electrons. The zero-order valence-corrected chi connectivity index (χ0v) is 14.2. The Labute approximate surface area is 127 Å². The first kappa shape index (κ1) is 17.7. The molecule has 2 atom stereocenters. The molecule has 21 heavy (non-hydrogen) atoms. The predicted octanol–water partition coefficient (Wildman–Crippen LogP) is 2.19. The van der Waals surface area contributed by atoms with Gasteiger partial charge in [-0.15, -0.1) is 0 Å². The van der Waals surface area contributed by atoms with Crippen LogP contribution in [0.2, 0.25) is 0 Å². The van der Waals surface area contributed by atoms with E-state index in [-0.39, 0.29) is 17.9 Å². The van der Waals surface area contributed by atoms with Crippen molar-refractivity contribution in [1.29, 1.82) is 0 Å². The molecule has 1 aromatic rings. The van der Waals surface area contributed by atoms with E-state index in [1.165, 1.54) is 0 Å². The van der Waals surface area contributed by atoms with Crippen LogP contribution in [-0.2, 0) is 21.1 Å². The highest BCUT2D eigenvalue weighted by molar-refractivity contribution is 7.92. The Bertz CT molecular complexity index is 573. The number of nitrogens with one attached hydrogen (secondary N) is 1. The Morgan fingerprint density at radius 3 is 2.14 bits per heavy atom. The van der Waals surface area contributed by atoms with E-state index in [9.17, 15) is 13.2 Å². The van der Waals surface area contributed by atoms with Gasteiger partial charge in [-0.1, -0.05) is 51.1 Å². The van der Waals surface area contributed by atoms with Gasteiger partial charge in [-0.3, -0.25) is 4.79 Å². The molecule has 0 saturated heterocycles. The summed E-state index contributed by atoms with van der Waals surface area (Å²) in [4.78, 5) is 12.4. The molecule has 0 bridgehead atoms. The van der Waals surface area contributed by atoms with Gasteiger partial charge in [0.25, 0.3) is 0 Å². The van der Waals surface area contributed by atoms with E-state index in [1.807, 2.05) is 58.0 Å². The minimum absolute atomic E-state index is 0.106. The third-order valence-electron chi connectivity index (χ3n) is 3.73. The molecule has 5 heteroatoms. The Hall–Kier alpha value is -1.36. The van der Waals surface area contributed by atoms with E-state index in [1.54, 1.807) is 0 Å². The van der Waals surface area contributed by atoms with Crippen molar-refractivity contribution in [2.45, 2.75) is 45.4 Å². The van der Waals surface area contributed by atoms with Gasteiger partial charge < -0.3 is 5.32 Å². The summed E-state index contributed by atoms with van der Waals surface area (Å²) in [7, 11) is -3.47. The lowest BCUT2D eigenvalue weighted by molar-refractivity contribution is -0.122. The minimum atomic E-state index is -3.47. The van der Waals surface area contributed by atoms with Crippen LogP contribution in [0.1, 0.15) is 33.3 Å². The molecule has 1 amide bonds. The molecule has 0 spiro atoms. The second-order valence-electron chi connectivity index (χ2n) is 6.60. The molecule has 1 aromatic carbocycles. The fraction of sp³-hybridized carbons (Fsp3) is 0.562. The highest BCUT2D eigenvalue weighted by Gasteiger charge is 2.32. The predicted molar refractivity (Wildman–Crippen MR) is 85.8 cm³/mol. The van der Waals surface area contributed by atoms with Crippen LogP contribution in [0.25, 0.3) is 0 Å². The second kappa shape index (κ2) is 6.60. The molecule has 0 aliphatic rings. The van der Waals surface area contributed by atoms with Crippen LogP contribution in [-0.4, -0.2) is 31.9 Å². The maximum absolute atomic E-state index is 12.4. The first-order valence-electron chi connectivity index (χ1n) is 7.05. The highest BCUT2D eigenvalue weighted by atomic mass is 32.2. The van der Waals surface area contributed by atoms with E-state index in [2.05, 4.69) is 5.32 Å². The summed E-state index contributed by atoms with van der Waals surface area (Å²) >= 11 is 0. The Balaban J connectivity index is 2.92. The van der Waals surface area contributed by atoms with Gasteiger partial charge in [0.05, 0.1) is 0 Å². The summed E-state index contributed by atoms with van der Waals surface area (Å²) in [5.74, 6) is -0.427. The van der Waals surface area contributed by atoms with Crippen molar-refractivity contribution >= 4 is 15.7 Å². The monoisotopic (exact) mass is 311 g/mol. The van der Waals surface area contributed by atoms with Crippen molar-refractivity contribution in [2.24, 2.45) is 5.41 Å². The van der Waals surface area contributed by atoms with Gasteiger partial charge in [0, 0.05) is 12.3 Å². The summed E-state index contributed by atoms with van der Waals surface area (Å²) in [6.45, 7) is 7.90. The van der Waals surface area contributed by atoms with Gasteiger partial charge in [0.1, 0.15) is 5.25 Å². The molecule has 0 aromatic heterocycles. The van der Waals surface area contributed by atoms with E-state index >= 15 is 0 Å². The molecule has 0 radical (unpaired) electrons. The van der Waals surface area contributed by atoms with Crippen LogP contribution in [0.4, 0.5) is 0 Å². The highest BCUT2D eigenvalue weighted by Crippen LogP contribution is 2.19. The lowest BCUT2D eigenvalue weighted by atomic mass is 9.88. The molecular weight excluding hydrogens is 286 g/mol. The normalized spacial score (nSPS) is 15.3. The van der Waals surface area contributed by atoms with Crippen LogP contribution < -0.4 is 5.32 Å². The average Bonchev–Trinajstić information content (AvgIpc) is 2.34. The molecule has 0 unspecified atom stereocenters. The molecule has 0 fully saturated rings. The maximum atomic E-state index is 12.4. The van der Waals surface area contributed by atoms with Crippen molar-refractivity contribution in [3.05, 3.63) is 35.9 Å². The van der Waals surface area contributed by atoms with Crippen molar-refractivity contribution in [1.82, 2.24) is 5.32 Å². The van der Waals surface area contributed by atoms with E-state index in [0.717, 1.165) is 11.8 Å². The van der Waals surface area contributed by atoms with Crippen molar-refractivity contribution < 1.29 is 13.2 Å². The first-order chi connectivity index (χ1) is 9.51. The number of hydrogen-bond donors (Lipinski definition) is 1. The largest absolute Gasteiger partial charge is 0.352 e. The molecule has 0 aliphatic carbocycles. The van der Waals surface area contributed by atoms with E-state index in [0.29, 0.717) is 0 Å². The Morgan fingerprint density at radius 2 is 1.71 bits per heavy atom. The third-order valence-corrected chi connectivity index (χ3v) is 5.15. The van der Waals surface area contributed by atoms with E-state index < -0.39 is 21.0 Å². The number of sulfone groups is 1. The van der Waals surface area contributed by atoms with Crippen LogP contribution in [0.5, 0.6) is 0 Å². The molecule has 0 heterocycles. The second-order valence-corrected chi connectivity index (χ2v) is 8.83. The van der Waals surface area contributed by atoms with Crippen LogP contribution >= 0.6 is 0 Å². The van der Waals surface area contributed by atoms with Crippen LogP contribution in [0, 0.1) is 5.41 Å². The fourth-order valence-electron chi connectivity index (χ4n) is 1.79. The molecular formula is C16H25NO3S. The first-order valence-corrected chi connectivity index (χ1v) is 9.00. The Kier molecular flexibility index (Phi) is 5.56. The number of benzene rings is 1. The number of amides is 1. The fourth-order valence-corrected chi connectivity index (χ4v) is 2.74. The van der Waals surface area contributed by atoms with Gasteiger partial charge in [-0.05, 0) is 24.3 Å². The van der Waals surface area contributed by atoms with Gasteiger partial charge in [0.15, 0.2) is 9.84 Å². The van der Waals surface area contributed by atoms with Gasteiger partial charge in [-0.2, -0.15) is 0 Å². The minimum Gasteiger partial charge on any atom is -0.352 e. The smallest absolute Gasteiger partial charge is 0.238 e. The third kappa shape index (κ3) is 5.50. The standard InChI is InChI=1S/C16H25NO3S/c1-12(16(2,3)4)17-15(18)14(21(5,19)20)11-13-9-7-6-8-10-13/h6-10,12,14H,11H2,1-5H3,(H,17,18)/t12-,14+/m1/s1. The van der Waals surface area contributed by atoms with Crippen LogP contribution in [0.3, 0.4) is 0 Å². The summed E-state index contributed by atoms with van der Waals surface area (Å²) in [6.07, 6.45) is 1.31. The van der Waals surface area contributed by atoms with Crippen molar-refractivity contribution in [2.75, 3.05) is 6.26 Å². The zero-order valence-electron chi connectivity index (χ0n) is 13.4.